The summed E-state index contributed by atoms with van der Waals surface area (Å²) in [4.78, 5) is 14.4. The molecule has 0 aliphatic carbocycles. The molecule has 1 aliphatic rings. The largest absolute Gasteiger partial charge is 0.508 e. The first-order chi connectivity index (χ1) is 13.6. The summed E-state index contributed by atoms with van der Waals surface area (Å²) in [5.74, 6) is 1.71. The van der Waals surface area contributed by atoms with Gasteiger partial charge in [-0.25, -0.2) is 4.79 Å². The van der Waals surface area contributed by atoms with Crippen LogP contribution in [0.2, 0.25) is 0 Å². The van der Waals surface area contributed by atoms with E-state index in [1.165, 1.54) is 12.1 Å². The lowest BCUT2D eigenvalue weighted by molar-refractivity contribution is 0.243. The molecule has 6 heteroatoms. The highest BCUT2D eigenvalue weighted by Crippen LogP contribution is 2.40. The number of phenolic OH excluding ortho intramolecular Hbond substituents is 1. The van der Waals surface area contributed by atoms with Crippen LogP contribution < -0.4 is 15.1 Å². The van der Waals surface area contributed by atoms with Crippen LogP contribution in [0.1, 0.15) is 30.0 Å². The summed E-state index contributed by atoms with van der Waals surface area (Å²) in [7, 11) is 3.33. The molecule has 1 N–H and O–H groups in total. The van der Waals surface area contributed by atoms with Gasteiger partial charge in [-0.1, -0.05) is 0 Å². The second-order valence-corrected chi connectivity index (χ2v) is 7.01. The third kappa shape index (κ3) is 3.43. The van der Waals surface area contributed by atoms with Gasteiger partial charge in [0.15, 0.2) is 0 Å². The molecular weight excluding hydrogens is 358 g/mol. The van der Waals surface area contributed by atoms with E-state index in [0.29, 0.717) is 12.1 Å². The van der Waals surface area contributed by atoms with Gasteiger partial charge < -0.3 is 19.0 Å². The molecule has 2 aromatic carbocycles. The van der Waals surface area contributed by atoms with E-state index in [1.807, 2.05) is 18.2 Å². The Hall–Kier alpha value is -2.99. The summed E-state index contributed by atoms with van der Waals surface area (Å²) in [6.45, 7) is 1.53. The first kappa shape index (κ1) is 18.4. The molecule has 1 atom stereocenters. The van der Waals surface area contributed by atoms with Crippen molar-refractivity contribution in [2.75, 3.05) is 20.8 Å². The Kier molecular flexibility index (Phi) is 4.96. The van der Waals surface area contributed by atoms with Gasteiger partial charge in [-0.15, -0.1) is 0 Å². The average molecular weight is 381 g/mol. The molecule has 1 aromatic heterocycles. The standard InChI is InChI=1S/C22H23NO5/c1-26-16-6-8-20(27-2)18(12-16)19-4-3-9-23(19)13-14-10-22(25)28-21-11-15(24)5-7-17(14)21/h5-8,10-12,19,24H,3-4,9,13H2,1-2H3/t19-/m1/s1. The number of phenols is 1. The highest BCUT2D eigenvalue weighted by Gasteiger charge is 2.29. The fourth-order valence-electron chi connectivity index (χ4n) is 4.04. The van der Waals surface area contributed by atoms with Gasteiger partial charge >= 0.3 is 5.63 Å². The third-order valence-electron chi connectivity index (χ3n) is 5.35. The van der Waals surface area contributed by atoms with Crippen molar-refractivity contribution >= 4 is 11.0 Å². The molecule has 0 bridgehead atoms. The minimum atomic E-state index is -0.414. The fourth-order valence-corrected chi connectivity index (χ4v) is 4.04. The molecule has 1 saturated heterocycles. The number of hydrogen-bond donors (Lipinski definition) is 1. The molecule has 0 radical (unpaired) electrons. The molecular formula is C22H23NO5. The predicted octanol–water partition coefficient (Wildman–Crippen LogP) is 3.85. The van der Waals surface area contributed by atoms with Gasteiger partial charge in [0, 0.05) is 35.7 Å². The Morgan fingerprint density at radius 3 is 2.79 bits per heavy atom. The Bertz CT molecular complexity index is 1060. The van der Waals surface area contributed by atoms with Crippen molar-refractivity contribution in [3.8, 4) is 17.2 Å². The smallest absolute Gasteiger partial charge is 0.336 e. The Morgan fingerprint density at radius 1 is 1.14 bits per heavy atom. The second kappa shape index (κ2) is 7.56. The van der Waals surface area contributed by atoms with E-state index in [9.17, 15) is 9.90 Å². The summed E-state index contributed by atoms with van der Waals surface area (Å²) >= 11 is 0. The summed E-state index contributed by atoms with van der Waals surface area (Å²) < 4.78 is 16.2. The zero-order valence-corrected chi connectivity index (χ0v) is 16.0. The van der Waals surface area contributed by atoms with Gasteiger partial charge in [-0.3, -0.25) is 4.90 Å². The molecule has 1 fully saturated rings. The first-order valence-electron chi connectivity index (χ1n) is 9.31. The van der Waals surface area contributed by atoms with E-state index in [2.05, 4.69) is 4.90 Å². The van der Waals surface area contributed by atoms with Gasteiger partial charge in [-0.2, -0.15) is 0 Å². The lowest BCUT2D eigenvalue weighted by atomic mass is 10.0. The minimum absolute atomic E-state index is 0.0768. The van der Waals surface area contributed by atoms with Crippen molar-refractivity contribution in [1.29, 1.82) is 0 Å². The van der Waals surface area contributed by atoms with Crippen LogP contribution in [0, 0.1) is 0 Å². The molecule has 2 heterocycles. The molecule has 6 nitrogen and oxygen atoms in total. The van der Waals surface area contributed by atoms with E-state index in [-0.39, 0.29) is 11.8 Å². The van der Waals surface area contributed by atoms with Gasteiger partial charge in [0.25, 0.3) is 0 Å². The van der Waals surface area contributed by atoms with Gasteiger partial charge in [-0.05, 0) is 55.3 Å². The monoisotopic (exact) mass is 381 g/mol. The normalized spacial score (nSPS) is 17.1. The molecule has 28 heavy (non-hydrogen) atoms. The number of benzene rings is 2. The number of methoxy groups -OCH3 is 2. The van der Waals surface area contributed by atoms with Crippen molar-refractivity contribution in [3.63, 3.8) is 0 Å². The van der Waals surface area contributed by atoms with Gasteiger partial charge in [0.2, 0.25) is 0 Å². The second-order valence-electron chi connectivity index (χ2n) is 7.01. The molecule has 0 saturated carbocycles. The molecule has 146 valence electrons. The first-order valence-corrected chi connectivity index (χ1v) is 9.31. The fraction of sp³-hybridized carbons (Fsp3) is 0.318. The molecule has 4 rings (SSSR count). The third-order valence-corrected chi connectivity index (χ3v) is 5.35. The van der Waals surface area contributed by atoms with Crippen molar-refractivity contribution in [2.24, 2.45) is 0 Å². The Balaban J connectivity index is 1.71. The van der Waals surface area contributed by atoms with Crippen molar-refractivity contribution in [2.45, 2.75) is 25.4 Å². The predicted molar refractivity (Wildman–Crippen MR) is 106 cm³/mol. The molecule has 0 unspecified atom stereocenters. The van der Waals surface area contributed by atoms with Gasteiger partial charge in [0.05, 0.1) is 14.2 Å². The van der Waals surface area contributed by atoms with Gasteiger partial charge in [0.1, 0.15) is 22.8 Å². The quantitative estimate of drug-likeness (QED) is 0.677. The summed E-state index contributed by atoms with van der Waals surface area (Å²) in [6.07, 6.45) is 2.06. The number of rotatable bonds is 5. The number of hydrogen-bond acceptors (Lipinski definition) is 6. The van der Waals surface area contributed by atoms with Crippen LogP contribution >= 0.6 is 0 Å². The summed E-state index contributed by atoms with van der Waals surface area (Å²) in [5.41, 5.74) is 1.96. The zero-order chi connectivity index (χ0) is 19.7. The lowest BCUT2D eigenvalue weighted by Gasteiger charge is -2.27. The topological polar surface area (TPSA) is 72.1 Å². The van der Waals surface area contributed by atoms with E-state index >= 15 is 0 Å². The van der Waals surface area contributed by atoms with E-state index in [1.54, 1.807) is 26.4 Å². The SMILES string of the molecule is COc1ccc(OC)c([C@H]2CCCN2Cc2cc(=O)oc3cc(O)ccc23)c1. The number of aromatic hydroxyl groups is 1. The van der Waals surface area contributed by atoms with Crippen LogP contribution in [0.3, 0.4) is 0 Å². The lowest BCUT2D eigenvalue weighted by Crippen LogP contribution is -2.24. The highest BCUT2D eigenvalue weighted by atomic mass is 16.5. The maximum Gasteiger partial charge on any atom is 0.336 e. The zero-order valence-electron chi connectivity index (χ0n) is 16.0. The highest BCUT2D eigenvalue weighted by molar-refractivity contribution is 5.81. The summed E-state index contributed by atoms with van der Waals surface area (Å²) in [6, 6.07) is 12.4. The molecule has 0 spiro atoms. The van der Waals surface area contributed by atoms with Crippen LogP contribution in [0.5, 0.6) is 17.2 Å². The number of nitrogens with zero attached hydrogens (tertiary/aromatic N) is 1. The maximum absolute atomic E-state index is 12.0. The van der Waals surface area contributed by atoms with Crippen LogP contribution in [0.25, 0.3) is 11.0 Å². The van der Waals surface area contributed by atoms with E-state index < -0.39 is 5.63 Å². The number of ether oxygens (including phenoxy) is 2. The van der Waals surface area contributed by atoms with Crippen LogP contribution in [0.4, 0.5) is 0 Å². The Morgan fingerprint density at radius 2 is 2.00 bits per heavy atom. The average Bonchev–Trinajstić information content (AvgIpc) is 3.14. The molecule has 0 amide bonds. The van der Waals surface area contributed by atoms with Crippen molar-refractivity contribution in [1.82, 2.24) is 4.90 Å². The van der Waals surface area contributed by atoms with Crippen LogP contribution in [-0.4, -0.2) is 30.8 Å². The minimum Gasteiger partial charge on any atom is -0.508 e. The Labute approximate surface area is 162 Å². The maximum atomic E-state index is 12.0. The van der Waals surface area contributed by atoms with Crippen LogP contribution in [-0.2, 0) is 6.54 Å². The molecule has 1 aliphatic heterocycles. The van der Waals surface area contributed by atoms with Crippen LogP contribution in [0.15, 0.2) is 51.7 Å². The van der Waals surface area contributed by atoms with E-state index in [0.717, 1.165) is 47.4 Å². The number of fused-ring (bicyclic) bond motifs is 1. The van der Waals surface area contributed by atoms with Crippen molar-refractivity contribution in [3.05, 3.63) is 64.0 Å². The summed E-state index contributed by atoms with van der Waals surface area (Å²) in [5, 5.41) is 10.5. The number of likely N-dealkylation sites (tertiary alicyclic amines) is 1. The van der Waals surface area contributed by atoms with Crippen molar-refractivity contribution < 1.29 is 19.0 Å². The van der Waals surface area contributed by atoms with E-state index in [4.69, 9.17) is 13.9 Å². The molecule has 3 aromatic rings.